The minimum atomic E-state index is 0.451. The Balaban J connectivity index is 1.31. The fourth-order valence-electron chi connectivity index (χ4n) is 8.50. The van der Waals surface area contributed by atoms with Gasteiger partial charge in [-0.1, -0.05) is 84.9 Å². The van der Waals surface area contributed by atoms with E-state index in [4.69, 9.17) is 5.10 Å². The molecule has 1 heterocycles. The minimum absolute atomic E-state index is 0.451. The van der Waals surface area contributed by atoms with Crippen LogP contribution in [0.4, 0.5) is 0 Å². The van der Waals surface area contributed by atoms with Crippen LogP contribution < -0.4 is 5.43 Å². The zero-order valence-corrected chi connectivity index (χ0v) is 18.0. The molecule has 32 heavy (non-hydrogen) atoms. The van der Waals surface area contributed by atoms with Crippen LogP contribution in [0.1, 0.15) is 46.9 Å². The Bertz CT molecular complexity index is 1290. The first-order valence-electron chi connectivity index (χ1n) is 12.2. The topological polar surface area (TPSA) is 24.4 Å². The van der Waals surface area contributed by atoms with Crippen LogP contribution in [0.3, 0.4) is 0 Å². The quantitative estimate of drug-likeness (QED) is 0.497. The van der Waals surface area contributed by atoms with E-state index in [1.54, 1.807) is 16.7 Å². The molecule has 0 spiro atoms. The van der Waals surface area contributed by atoms with Gasteiger partial charge in [-0.3, -0.25) is 5.43 Å². The summed E-state index contributed by atoms with van der Waals surface area (Å²) in [5.74, 6) is 4.97. The van der Waals surface area contributed by atoms with Crippen molar-refractivity contribution >= 4 is 11.4 Å². The van der Waals surface area contributed by atoms with E-state index in [1.165, 1.54) is 35.4 Å². The fourth-order valence-corrected chi connectivity index (χ4v) is 8.50. The SMILES string of the molecule is c1ccc(C2=NNC(c3ccccc3)=C3[C@H]2[C@@H]2C[C@H]3[C@H]3[C@@H]2[C@@H]2C[C@H]3c3ccccc32)cc1. The summed E-state index contributed by atoms with van der Waals surface area (Å²) in [5.41, 5.74) is 13.6. The lowest BCUT2D eigenvalue weighted by atomic mass is 9.62. The number of hydrogen-bond acceptors (Lipinski definition) is 2. The van der Waals surface area contributed by atoms with Gasteiger partial charge in [0.15, 0.2) is 0 Å². The van der Waals surface area contributed by atoms with Crippen molar-refractivity contribution < 1.29 is 0 Å². The van der Waals surface area contributed by atoms with Gasteiger partial charge in [0.1, 0.15) is 0 Å². The van der Waals surface area contributed by atoms with E-state index in [0.717, 1.165) is 23.7 Å². The van der Waals surface area contributed by atoms with Gasteiger partial charge in [0.25, 0.3) is 0 Å². The molecule has 0 amide bonds. The van der Waals surface area contributed by atoms with Crippen molar-refractivity contribution in [2.24, 2.45) is 34.7 Å². The van der Waals surface area contributed by atoms with Gasteiger partial charge in [-0.2, -0.15) is 5.10 Å². The van der Waals surface area contributed by atoms with Crippen LogP contribution in [0.5, 0.6) is 0 Å². The van der Waals surface area contributed by atoms with Crippen molar-refractivity contribution in [1.82, 2.24) is 5.43 Å². The molecular formula is C30H26N2. The summed E-state index contributed by atoms with van der Waals surface area (Å²) >= 11 is 0. The molecule has 5 aliphatic rings. The van der Waals surface area contributed by atoms with E-state index in [1.807, 2.05) is 0 Å². The van der Waals surface area contributed by atoms with E-state index >= 15 is 0 Å². The molecule has 3 fully saturated rings. The molecule has 8 rings (SSSR count). The van der Waals surface area contributed by atoms with E-state index in [-0.39, 0.29) is 0 Å². The molecule has 2 heteroatoms. The predicted molar refractivity (Wildman–Crippen MR) is 128 cm³/mol. The highest BCUT2D eigenvalue weighted by Crippen LogP contribution is 2.74. The second-order valence-electron chi connectivity index (χ2n) is 10.4. The minimum Gasteiger partial charge on any atom is -0.278 e. The lowest BCUT2D eigenvalue weighted by Crippen LogP contribution is -2.40. The third-order valence-corrected chi connectivity index (χ3v) is 9.33. The average molecular weight is 415 g/mol. The van der Waals surface area contributed by atoms with E-state index in [2.05, 4.69) is 90.4 Å². The lowest BCUT2D eigenvalue weighted by molar-refractivity contribution is 0.233. The molecular weight excluding hydrogens is 388 g/mol. The lowest BCUT2D eigenvalue weighted by Gasteiger charge is -2.43. The molecule has 2 nitrogen and oxygen atoms in total. The molecule has 3 aromatic rings. The highest BCUT2D eigenvalue weighted by atomic mass is 15.3. The van der Waals surface area contributed by atoms with Crippen LogP contribution in [0.25, 0.3) is 5.70 Å². The number of nitrogens with one attached hydrogen (secondary N) is 1. The molecule has 156 valence electrons. The van der Waals surface area contributed by atoms with Crippen molar-refractivity contribution in [1.29, 1.82) is 0 Å². The summed E-state index contributed by atoms with van der Waals surface area (Å²) in [7, 11) is 0. The highest BCUT2D eigenvalue weighted by Gasteiger charge is 2.67. The van der Waals surface area contributed by atoms with Crippen LogP contribution in [0.15, 0.2) is 95.6 Å². The third kappa shape index (κ3) is 2.09. The molecule has 4 aliphatic carbocycles. The Morgan fingerprint density at radius 1 is 0.625 bits per heavy atom. The molecule has 1 aliphatic heterocycles. The standard InChI is InChI=1S/C30H26N2/c1-3-9-17(10-4-1)29-27-23-16-24(28(27)30(32-31-29)18-11-5-2-6-12-18)26-22-15-21(25(23)26)19-13-7-8-14-20(19)22/h1-14,21-27,32H,15-16H2/t21-,22+,23-,24+,25-,26+,27-/m1/s1. The van der Waals surface area contributed by atoms with Gasteiger partial charge >= 0.3 is 0 Å². The molecule has 7 atom stereocenters. The molecule has 3 saturated carbocycles. The number of benzene rings is 3. The summed E-state index contributed by atoms with van der Waals surface area (Å²) < 4.78 is 0. The molecule has 1 N–H and O–H groups in total. The van der Waals surface area contributed by atoms with E-state index < -0.39 is 0 Å². The molecule has 0 saturated heterocycles. The van der Waals surface area contributed by atoms with Gasteiger partial charge in [0.05, 0.1) is 11.4 Å². The van der Waals surface area contributed by atoms with Gasteiger partial charge in [0, 0.05) is 5.92 Å². The zero-order valence-electron chi connectivity index (χ0n) is 18.0. The van der Waals surface area contributed by atoms with Crippen molar-refractivity contribution in [3.8, 4) is 0 Å². The number of fused-ring (bicyclic) bond motifs is 15. The first-order chi connectivity index (χ1) is 15.9. The number of hydrogen-bond donors (Lipinski definition) is 1. The number of allylic oxidation sites excluding steroid dienone is 1. The summed E-state index contributed by atoms with van der Waals surface area (Å²) in [6, 6.07) is 31.1. The van der Waals surface area contributed by atoms with Crippen molar-refractivity contribution in [2.45, 2.75) is 24.7 Å². The van der Waals surface area contributed by atoms with Crippen LogP contribution >= 0.6 is 0 Å². The second-order valence-corrected chi connectivity index (χ2v) is 10.4. The van der Waals surface area contributed by atoms with Crippen molar-refractivity contribution in [3.63, 3.8) is 0 Å². The normalized spacial score (nSPS) is 35.2. The molecule has 0 unspecified atom stereocenters. The fraction of sp³-hybridized carbons (Fsp3) is 0.300. The third-order valence-electron chi connectivity index (χ3n) is 9.33. The van der Waals surface area contributed by atoms with Gasteiger partial charge in [-0.25, -0.2) is 0 Å². The first kappa shape index (κ1) is 17.4. The van der Waals surface area contributed by atoms with Gasteiger partial charge in [0.2, 0.25) is 0 Å². The Kier molecular flexibility index (Phi) is 3.39. The van der Waals surface area contributed by atoms with Crippen LogP contribution in [-0.4, -0.2) is 5.71 Å². The molecule has 0 radical (unpaired) electrons. The summed E-state index contributed by atoms with van der Waals surface area (Å²) in [5, 5.41) is 5.05. The second kappa shape index (κ2) is 6.22. The summed E-state index contributed by atoms with van der Waals surface area (Å²) in [6.07, 6.45) is 2.70. The maximum absolute atomic E-state index is 5.05. The number of hydrazone groups is 1. The predicted octanol–water partition coefficient (Wildman–Crippen LogP) is 6.19. The monoisotopic (exact) mass is 414 g/mol. The van der Waals surface area contributed by atoms with Crippen LogP contribution in [-0.2, 0) is 0 Å². The maximum atomic E-state index is 5.05. The summed E-state index contributed by atoms with van der Waals surface area (Å²) in [4.78, 5) is 0. The molecule has 4 bridgehead atoms. The number of nitrogens with zero attached hydrogens (tertiary/aromatic N) is 1. The van der Waals surface area contributed by atoms with Gasteiger partial charge < -0.3 is 0 Å². The Labute approximate surface area is 189 Å². The maximum Gasteiger partial charge on any atom is 0.0754 e. The summed E-state index contributed by atoms with van der Waals surface area (Å²) in [6.45, 7) is 0. The van der Waals surface area contributed by atoms with Crippen molar-refractivity contribution in [2.75, 3.05) is 0 Å². The smallest absolute Gasteiger partial charge is 0.0754 e. The first-order valence-corrected chi connectivity index (χ1v) is 12.2. The molecule has 3 aromatic carbocycles. The largest absolute Gasteiger partial charge is 0.278 e. The number of rotatable bonds is 2. The highest BCUT2D eigenvalue weighted by molar-refractivity contribution is 6.06. The van der Waals surface area contributed by atoms with Crippen molar-refractivity contribution in [3.05, 3.63) is 113 Å². The van der Waals surface area contributed by atoms with Gasteiger partial charge in [-0.15, -0.1) is 0 Å². The van der Waals surface area contributed by atoms with E-state index in [0.29, 0.717) is 17.8 Å². The Morgan fingerprint density at radius 2 is 1.25 bits per heavy atom. The molecule has 0 aromatic heterocycles. The van der Waals surface area contributed by atoms with Gasteiger partial charge in [-0.05, 0) is 76.2 Å². The van der Waals surface area contributed by atoms with Crippen LogP contribution in [0.2, 0.25) is 0 Å². The Morgan fingerprint density at radius 3 is 1.97 bits per heavy atom. The Hall–Kier alpha value is -3.13. The average Bonchev–Trinajstić information content (AvgIpc) is 3.62. The van der Waals surface area contributed by atoms with Crippen LogP contribution in [0, 0.1) is 29.6 Å². The van der Waals surface area contributed by atoms with E-state index in [9.17, 15) is 0 Å². The zero-order chi connectivity index (χ0) is 20.8.